The van der Waals surface area contributed by atoms with Crippen LogP contribution >= 0.6 is 0 Å². The predicted octanol–water partition coefficient (Wildman–Crippen LogP) is 9.09. The van der Waals surface area contributed by atoms with E-state index in [-0.39, 0.29) is 17.3 Å². The van der Waals surface area contributed by atoms with E-state index in [0.717, 1.165) is 31.6 Å². The van der Waals surface area contributed by atoms with Gasteiger partial charge in [-0.3, -0.25) is 0 Å². The SMILES string of the molecule is C=CC1CCC(C2CCC(C3=CC=C(c4ccc(C5=CC=C(OC)C(F)C5F)cc4)C(F)C3F)CC2)CC1. The highest BCUT2D eigenvalue weighted by Gasteiger charge is 2.38. The molecule has 204 valence electrons. The van der Waals surface area contributed by atoms with Gasteiger partial charge in [0.25, 0.3) is 0 Å². The highest BCUT2D eigenvalue weighted by Crippen LogP contribution is 2.45. The van der Waals surface area contributed by atoms with Crippen LogP contribution in [0.3, 0.4) is 0 Å². The van der Waals surface area contributed by atoms with Crippen molar-refractivity contribution in [3.8, 4) is 0 Å². The minimum Gasteiger partial charge on any atom is -0.498 e. The van der Waals surface area contributed by atoms with E-state index in [1.807, 2.05) is 0 Å². The van der Waals surface area contributed by atoms with Crippen LogP contribution in [0.2, 0.25) is 0 Å². The van der Waals surface area contributed by atoms with Crippen molar-refractivity contribution in [2.45, 2.75) is 76.1 Å². The van der Waals surface area contributed by atoms with Gasteiger partial charge in [0.2, 0.25) is 0 Å². The third-order valence-electron chi connectivity index (χ3n) is 9.43. The zero-order chi connectivity index (χ0) is 26.8. The molecule has 0 heterocycles. The smallest absolute Gasteiger partial charge is 0.192 e. The van der Waals surface area contributed by atoms with Gasteiger partial charge in [-0.15, -0.1) is 6.58 Å². The van der Waals surface area contributed by atoms with Crippen LogP contribution in [0, 0.1) is 23.7 Å². The van der Waals surface area contributed by atoms with Crippen LogP contribution in [0.5, 0.6) is 0 Å². The highest BCUT2D eigenvalue weighted by molar-refractivity contribution is 5.77. The van der Waals surface area contributed by atoms with Crippen LogP contribution in [0.15, 0.2) is 72.6 Å². The number of benzene rings is 1. The van der Waals surface area contributed by atoms with Crippen molar-refractivity contribution in [3.63, 3.8) is 0 Å². The molecule has 4 aliphatic rings. The minimum absolute atomic E-state index is 0.0498. The first-order chi connectivity index (χ1) is 18.4. The normalized spacial score (nSPS) is 35.9. The molecule has 0 spiro atoms. The molecule has 1 aromatic rings. The quantitative estimate of drug-likeness (QED) is 0.265. The Bertz CT molecular complexity index is 1110. The molecule has 0 N–H and O–H groups in total. The Morgan fingerprint density at radius 1 is 0.658 bits per heavy atom. The van der Waals surface area contributed by atoms with Gasteiger partial charge in [-0.1, -0.05) is 48.6 Å². The molecule has 2 saturated carbocycles. The molecule has 5 rings (SSSR count). The van der Waals surface area contributed by atoms with Crippen molar-refractivity contribution in [1.82, 2.24) is 0 Å². The van der Waals surface area contributed by atoms with E-state index in [0.29, 0.717) is 34.1 Å². The van der Waals surface area contributed by atoms with Gasteiger partial charge in [-0.2, -0.15) is 0 Å². The molecule has 5 heteroatoms. The van der Waals surface area contributed by atoms with Crippen molar-refractivity contribution >= 4 is 11.1 Å². The maximum atomic E-state index is 15.4. The minimum atomic E-state index is -1.87. The summed E-state index contributed by atoms with van der Waals surface area (Å²) in [4.78, 5) is 0. The van der Waals surface area contributed by atoms with E-state index in [9.17, 15) is 8.78 Å². The van der Waals surface area contributed by atoms with Crippen LogP contribution < -0.4 is 0 Å². The average molecular weight is 527 g/mol. The molecule has 0 bridgehead atoms. The van der Waals surface area contributed by atoms with Gasteiger partial charge in [0.15, 0.2) is 24.7 Å². The molecule has 4 unspecified atom stereocenters. The van der Waals surface area contributed by atoms with Gasteiger partial charge in [0.05, 0.1) is 7.11 Å². The average Bonchev–Trinajstić information content (AvgIpc) is 2.96. The Kier molecular flexibility index (Phi) is 8.30. The number of rotatable bonds is 6. The molecule has 0 amide bonds. The Morgan fingerprint density at radius 3 is 1.68 bits per heavy atom. The number of allylic oxidation sites excluding steroid dienone is 9. The number of hydrogen-bond acceptors (Lipinski definition) is 1. The lowest BCUT2D eigenvalue weighted by molar-refractivity contribution is 0.152. The summed E-state index contributed by atoms with van der Waals surface area (Å²) >= 11 is 0. The molecule has 0 aliphatic heterocycles. The molecular weight excluding hydrogens is 488 g/mol. The van der Waals surface area contributed by atoms with E-state index in [2.05, 4.69) is 12.7 Å². The predicted molar refractivity (Wildman–Crippen MR) is 146 cm³/mol. The van der Waals surface area contributed by atoms with Crippen molar-refractivity contribution in [2.75, 3.05) is 7.11 Å². The fourth-order valence-electron chi connectivity index (χ4n) is 7.04. The fourth-order valence-corrected chi connectivity index (χ4v) is 7.04. The van der Waals surface area contributed by atoms with Crippen molar-refractivity contribution in [2.24, 2.45) is 23.7 Å². The molecule has 1 aromatic carbocycles. The highest BCUT2D eigenvalue weighted by atomic mass is 19.2. The van der Waals surface area contributed by atoms with E-state index in [1.54, 1.807) is 36.4 Å². The van der Waals surface area contributed by atoms with Gasteiger partial charge >= 0.3 is 0 Å². The Hall–Kier alpha value is -2.56. The number of halogens is 4. The van der Waals surface area contributed by atoms with Crippen LogP contribution in [0.25, 0.3) is 11.1 Å². The van der Waals surface area contributed by atoms with Crippen LogP contribution in [-0.2, 0) is 4.74 Å². The number of ether oxygens (including phenoxy) is 1. The molecule has 4 aliphatic carbocycles. The number of alkyl halides is 4. The first-order valence-electron chi connectivity index (χ1n) is 14.1. The molecular formula is C33H38F4O. The second-order valence-corrected chi connectivity index (χ2v) is 11.4. The monoisotopic (exact) mass is 526 g/mol. The summed E-state index contributed by atoms with van der Waals surface area (Å²) in [7, 11) is 1.31. The molecule has 1 nitrogen and oxygen atoms in total. The summed E-state index contributed by atoms with van der Waals surface area (Å²) in [5.41, 5.74) is 2.14. The maximum Gasteiger partial charge on any atom is 0.192 e. The molecule has 2 fully saturated rings. The third kappa shape index (κ3) is 5.31. The Morgan fingerprint density at radius 2 is 1.16 bits per heavy atom. The topological polar surface area (TPSA) is 9.23 Å². The summed E-state index contributed by atoms with van der Waals surface area (Å²) in [6.07, 6.45) is 10.5. The summed E-state index contributed by atoms with van der Waals surface area (Å²) in [6.45, 7) is 3.94. The van der Waals surface area contributed by atoms with Gasteiger partial charge in [0, 0.05) is 0 Å². The molecule has 0 radical (unpaired) electrons. The van der Waals surface area contributed by atoms with Crippen molar-refractivity contribution in [3.05, 3.63) is 83.7 Å². The number of methoxy groups -OCH3 is 1. The van der Waals surface area contributed by atoms with Gasteiger partial charge < -0.3 is 4.74 Å². The summed E-state index contributed by atoms with van der Waals surface area (Å²) < 4.78 is 64.6. The lowest BCUT2D eigenvalue weighted by Crippen LogP contribution is -2.31. The first kappa shape index (κ1) is 27.0. The summed E-state index contributed by atoms with van der Waals surface area (Å²) in [5, 5.41) is 0. The lowest BCUT2D eigenvalue weighted by Gasteiger charge is -2.39. The largest absolute Gasteiger partial charge is 0.498 e. The van der Waals surface area contributed by atoms with Crippen LogP contribution in [0.4, 0.5) is 17.6 Å². The van der Waals surface area contributed by atoms with Crippen molar-refractivity contribution in [1.29, 1.82) is 0 Å². The zero-order valence-electron chi connectivity index (χ0n) is 22.1. The van der Waals surface area contributed by atoms with Crippen LogP contribution in [-0.4, -0.2) is 31.8 Å². The first-order valence-corrected chi connectivity index (χ1v) is 14.1. The standard InChI is InChI=1S/C33H38F4O/c1-3-20-4-6-21(7-5-20)22-8-10-23(11-9-22)26-16-17-27(31(35)30(26)34)24-12-14-25(15-13-24)28-18-19-29(38-2)33(37)32(28)36/h3,12-23,30-33H,1,4-11H2,2H3. The van der Waals surface area contributed by atoms with E-state index >= 15 is 8.78 Å². The fraction of sp³-hybridized carbons (Fsp3) is 0.515. The molecule has 0 aromatic heterocycles. The molecule has 4 atom stereocenters. The molecule has 38 heavy (non-hydrogen) atoms. The number of hydrogen-bond donors (Lipinski definition) is 0. The third-order valence-corrected chi connectivity index (χ3v) is 9.43. The van der Waals surface area contributed by atoms with Gasteiger partial charge in [-0.05, 0) is 109 Å². The van der Waals surface area contributed by atoms with E-state index in [4.69, 9.17) is 4.74 Å². The maximum absolute atomic E-state index is 15.4. The van der Waals surface area contributed by atoms with Gasteiger partial charge in [0.1, 0.15) is 5.76 Å². The van der Waals surface area contributed by atoms with E-state index < -0.39 is 24.7 Å². The second kappa shape index (κ2) is 11.7. The summed E-state index contributed by atoms with van der Waals surface area (Å²) in [6, 6.07) is 6.58. The zero-order valence-corrected chi connectivity index (χ0v) is 22.1. The van der Waals surface area contributed by atoms with E-state index in [1.165, 1.54) is 44.9 Å². The van der Waals surface area contributed by atoms with Crippen LogP contribution in [0.1, 0.15) is 62.5 Å². The lowest BCUT2D eigenvalue weighted by atomic mass is 9.67. The second-order valence-electron chi connectivity index (χ2n) is 11.4. The Balaban J connectivity index is 1.24. The molecule has 0 saturated heterocycles. The Labute approximate surface area is 224 Å². The summed E-state index contributed by atoms with van der Waals surface area (Å²) in [5.74, 6) is 2.18. The van der Waals surface area contributed by atoms with Gasteiger partial charge in [-0.25, -0.2) is 17.6 Å². The van der Waals surface area contributed by atoms with Crippen molar-refractivity contribution < 1.29 is 22.3 Å².